The van der Waals surface area contributed by atoms with Crippen LogP contribution in [0.2, 0.25) is 0 Å². The van der Waals surface area contributed by atoms with Crippen LogP contribution in [-0.4, -0.2) is 27.1 Å². The molecule has 2 amide bonds. The van der Waals surface area contributed by atoms with Crippen molar-refractivity contribution in [3.05, 3.63) is 41.9 Å². The third kappa shape index (κ3) is 3.31. The highest BCUT2D eigenvalue weighted by Gasteiger charge is 2.14. The van der Waals surface area contributed by atoms with Crippen LogP contribution in [0, 0.1) is 6.92 Å². The highest BCUT2D eigenvalue weighted by Crippen LogP contribution is 2.14. The van der Waals surface area contributed by atoms with Crippen molar-refractivity contribution in [3.63, 3.8) is 0 Å². The average Bonchev–Trinajstić information content (AvgIpc) is 2.79. The van der Waals surface area contributed by atoms with E-state index in [0.29, 0.717) is 17.2 Å². The van der Waals surface area contributed by atoms with E-state index in [2.05, 4.69) is 20.6 Å². The molecule has 0 unspecified atom stereocenters. The fraction of sp³-hybridized carbons (Fsp3) is 0.167. The van der Waals surface area contributed by atoms with E-state index in [9.17, 15) is 9.59 Å². The smallest absolute Gasteiger partial charge is 0.339 e. The summed E-state index contributed by atoms with van der Waals surface area (Å²) in [7, 11) is 0. The monoisotopic (exact) mass is 276 g/mol. The Morgan fingerprint density at radius 2 is 2.05 bits per heavy atom. The lowest BCUT2D eigenvalue weighted by atomic mass is 10.2. The van der Waals surface area contributed by atoms with E-state index in [1.54, 1.807) is 6.92 Å². The van der Waals surface area contributed by atoms with Gasteiger partial charge in [-0.1, -0.05) is 0 Å². The maximum Gasteiger partial charge on any atom is 0.339 e. The molecular formula is C12H12N4O4. The molecule has 104 valence electrons. The molecule has 0 radical (unpaired) electrons. The fourth-order valence-electron chi connectivity index (χ4n) is 1.55. The van der Waals surface area contributed by atoms with E-state index in [1.165, 1.54) is 24.8 Å². The average molecular weight is 276 g/mol. The summed E-state index contributed by atoms with van der Waals surface area (Å²) in [6, 6.07) is 0.912. The minimum atomic E-state index is -1.07. The zero-order valence-corrected chi connectivity index (χ0v) is 10.6. The number of anilines is 1. The predicted molar refractivity (Wildman–Crippen MR) is 68.3 cm³/mol. The molecule has 0 fully saturated rings. The number of carbonyl (C=O) groups is 2. The summed E-state index contributed by atoms with van der Waals surface area (Å²) < 4.78 is 5.23. The van der Waals surface area contributed by atoms with Crippen molar-refractivity contribution in [1.82, 2.24) is 15.3 Å². The minimum absolute atomic E-state index is 0.0770. The van der Waals surface area contributed by atoms with Crippen molar-refractivity contribution in [2.75, 3.05) is 5.32 Å². The molecule has 0 atom stereocenters. The fourth-order valence-corrected chi connectivity index (χ4v) is 1.55. The van der Waals surface area contributed by atoms with Gasteiger partial charge in [-0.3, -0.25) is 0 Å². The van der Waals surface area contributed by atoms with Crippen LogP contribution < -0.4 is 10.6 Å². The third-order valence-corrected chi connectivity index (χ3v) is 2.44. The first-order valence-electron chi connectivity index (χ1n) is 5.68. The summed E-state index contributed by atoms with van der Waals surface area (Å²) in [4.78, 5) is 29.9. The van der Waals surface area contributed by atoms with Gasteiger partial charge in [-0.25, -0.2) is 19.6 Å². The molecule has 2 aromatic heterocycles. The Morgan fingerprint density at radius 1 is 1.35 bits per heavy atom. The maximum atomic E-state index is 11.6. The molecule has 2 aromatic rings. The van der Waals surface area contributed by atoms with Crippen LogP contribution in [0.3, 0.4) is 0 Å². The number of furan rings is 1. The van der Waals surface area contributed by atoms with Crippen LogP contribution in [0.1, 0.15) is 21.9 Å². The summed E-state index contributed by atoms with van der Waals surface area (Å²) in [6.07, 6.45) is 4.25. The van der Waals surface area contributed by atoms with Crippen molar-refractivity contribution in [1.29, 1.82) is 0 Å². The highest BCUT2D eigenvalue weighted by molar-refractivity contribution is 5.89. The van der Waals surface area contributed by atoms with Gasteiger partial charge >= 0.3 is 12.0 Å². The van der Waals surface area contributed by atoms with Crippen LogP contribution in [-0.2, 0) is 6.54 Å². The highest BCUT2D eigenvalue weighted by atomic mass is 16.4. The Balaban J connectivity index is 1.90. The molecule has 8 nitrogen and oxygen atoms in total. The molecule has 20 heavy (non-hydrogen) atoms. The molecule has 0 aromatic carbocycles. The quantitative estimate of drug-likeness (QED) is 0.776. The third-order valence-electron chi connectivity index (χ3n) is 2.44. The zero-order valence-electron chi connectivity index (χ0n) is 10.6. The second-order valence-corrected chi connectivity index (χ2v) is 3.92. The normalized spacial score (nSPS) is 10.1. The summed E-state index contributed by atoms with van der Waals surface area (Å²) >= 11 is 0. The number of hydrogen-bond donors (Lipinski definition) is 3. The van der Waals surface area contributed by atoms with Crippen molar-refractivity contribution in [3.8, 4) is 0 Å². The van der Waals surface area contributed by atoms with Crippen molar-refractivity contribution < 1.29 is 19.1 Å². The molecule has 2 rings (SSSR count). The van der Waals surface area contributed by atoms with Gasteiger partial charge in [-0.2, -0.15) is 0 Å². The summed E-state index contributed by atoms with van der Waals surface area (Å²) in [5.74, 6) is -0.408. The Hall–Kier alpha value is -2.90. The number of carbonyl (C=O) groups excluding carboxylic acids is 1. The van der Waals surface area contributed by atoms with Crippen LogP contribution in [0.4, 0.5) is 10.5 Å². The van der Waals surface area contributed by atoms with Crippen molar-refractivity contribution in [2.24, 2.45) is 0 Å². The zero-order chi connectivity index (χ0) is 14.5. The topological polar surface area (TPSA) is 117 Å². The number of hydrogen-bond acceptors (Lipinski definition) is 5. The number of urea groups is 1. The Kier molecular flexibility index (Phi) is 3.94. The van der Waals surface area contributed by atoms with Crippen molar-refractivity contribution in [2.45, 2.75) is 13.5 Å². The predicted octanol–water partition coefficient (Wildman–Crippen LogP) is 1.40. The number of carboxylic acids is 1. The number of aryl methyl sites for hydroxylation is 1. The molecule has 0 bridgehead atoms. The van der Waals surface area contributed by atoms with Gasteiger partial charge in [0.15, 0.2) is 0 Å². The standard InChI is InChI=1S/C12H12N4O4/c1-7-10(11(17)18)2-9(20-7)5-15-12(19)16-8-3-13-6-14-4-8/h2-4,6H,5H2,1H3,(H,17,18)(H2,15,16,19). The minimum Gasteiger partial charge on any atom is -0.478 e. The Labute approximate surface area is 113 Å². The van der Waals surface area contributed by atoms with Crippen LogP contribution in [0.15, 0.2) is 29.2 Å². The first-order valence-corrected chi connectivity index (χ1v) is 5.68. The lowest BCUT2D eigenvalue weighted by molar-refractivity contribution is 0.0695. The molecule has 0 aliphatic carbocycles. The first-order chi connectivity index (χ1) is 9.56. The van der Waals surface area contributed by atoms with E-state index < -0.39 is 12.0 Å². The SMILES string of the molecule is Cc1oc(CNC(=O)Nc2cncnc2)cc1C(=O)O. The Bertz CT molecular complexity index is 624. The number of nitrogens with one attached hydrogen (secondary N) is 2. The number of amides is 2. The molecule has 0 aliphatic heterocycles. The van der Waals surface area contributed by atoms with Gasteiger partial charge in [0.25, 0.3) is 0 Å². The number of carboxylic acid groups (broad SMARTS) is 1. The van der Waals surface area contributed by atoms with E-state index in [-0.39, 0.29) is 12.1 Å². The number of nitrogens with zero attached hydrogens (tertiary/aromatic N) is 2. The van der Waals surface area contributed by atoms with E-state index in [1.807, 2.05) is 0 Å². The molecule has 8 heteroatoms. The second kappa shape index (κ2) is 5.83. The number of aromatic carboxylic acids is 1. The molecule has 0 aliphatic rings. The number of aromatic nitrogens is 2. The summed E-state index contributed by atoms with van der Waals surface area (Å²) in [6.45, 7) is 1.63. The molecule has 2 heterocycles. The molecule has 0 spiro atoms. The number of rotatable bonds is 4. The molecular weight excluding hydrogens is 264 g/mol. The van der Waals surface area contributed by atoms with Gasteiger partial charge in [-0.05, 0) is 13.0 Å². The van der Waals surface area contributed by atoms with Gasteiger partial charge in [0.05, 0.1) is 24.6 Å². The summed E-state index contributed by atoms with van der Waals surface area (Å²) in [5, 5.41) is 13.9. The lowest BCUT2D eigenvalue weighted by Crippen LogP contribution is -2.28. The van der Waals surface area contributed by atoms with Gasteiger partial charge < -0.3 is 20.2 Å². The first kappa shape index (κ1) is 13.5. The van der Waals surface area contributed by atoms with Crippen LogP contribution >= 0.6 is 0 Å². The lowest BCUT2D eigenvalue weighted by Gasteiger charge is -2.05. The second-order valence-electron chi connectivity index (χ2n) is 3.92. The molecule has 3 N–H and O–H groups in total. The largest absolute Gasteiger partial charge is 0.478 e. The Morgan fingerprint density at radius 3 is 2.65 bits per heavy atom. The van der Waals surface area contributed by atoms with Crippen molar-refractivity contribution >= 4 is 17.7 Å². The van der Waals surface area contributed by atoms with E-state index in [4.69, 9.17) is 9.52 Å². The van der Waals surface area contributed by atoms with Gasteiger partial charge in [0, 0.05) is 0 Å². The summed E-state index contributed by atoms with van der Waals surface area (Å²) in [5.41, 5.74) is 0.533. The molecule has 0 saturated carbocycles. The maximum absolute atomic E-state index is 11.6. The van der Waals surface area contributed by atoms with Gasteiger partial charge in [0.2, 0.25) is 0 Å². The van der Waals surface area contributed by atoms with E-state index in [0.717, 1.165) is 0 Å². The molecule has 0 saturated heterocycles. The van der Waals surface area contributed by atoms with Gasteiger partial charge in [-0.15, -0.1) is 0 Å². The van der Waals surface area contributed by atoms with Gasteiger partial charge in [0.1, 0.15) is 23.4 Å². The van der Waals surface area contributed by atoms with Crippen LogP contribution in [0.5, 0.6) is 0 Å². The van der Waals surface area contributed by atoms with E-state index >= 15 is 0 Å². The van der Waals surface area contributed by atoms with Crippen LogP contribution in [0.25, 0.3) is 0 Å².